The largest absolute Gasteiger partial charge is 0.480 e. The summed E-state index contributed by atoms with van der Waals surface area (Å²) in [6.07, 6.45) is 1.37. The van der Waals surface area contributed by atoms with Gasteiger partial charge in [-0.1, -0.05) is 30.3 Å². The van der Waals surface area contributed by atoms with E-state index in [-0.39, 0.29) is 5.75 Å². The maximum Gasteiger partial charge on any atom is 0.327 e. The number of nitrogens with zero attached hydrogens (tertiary/aromatic N) is 1. The molecule has 5 N–H and O–H groups in total. The fraction of sp³-hybridized carbons (Fsp3) is 0.500. The predicted molar refractivity (Wildman–Crippen MR) is 114 cm³/mol. The zero-order valence-corrected chi connectivity index (χ0v) is 17.7. The summed E-state index contributed by atoms with van der Waals surface area (Å²) in [6, 6.07) is 5.71. The van der Waals surface area contributed by atoms with Gasteiger partial charge in [0.05, 0.1) is 6.04 Å². The van der Waals surface area contributed by atoms with Crippen molar-refractivity contribution in [3.63, 3.8) is 0 Å². The van der Waals surface area contributed by atoms with Crippen LogP contribution in [0.4, 0.5) is 0 Å². The standard InChI is InChI=1S/C20H28N4O5S/c1-12(22-17(25)14(21)10-13-6-3-2-4-7-13)19(27)24-9-5-8-16(24)18(26)23-15(11-30)20(28)29/h2-4,6-7,12,14-16,30H,5,8-11,21H2,1H3,(H,22,25)(H,23,26)(H,28,29). The number of carboxylic acid groups (broad SMARTS) is 1. The minimum Gasteiger partial charge on any atom is -0.480 e. The molecule has 0 saturated carbocycles. The summed E-state index contributed by atoms with van der Waals surface area (Å²) in [6.45, 7) is 1.89. The number of hydrogen-bond acceptors (Lipinski definition) is 6. The number of nitrogens with two attached hydrogens (primary N) is 1. The number of hydrogen-bond donors (Lipinski definition) is 5. The molecule has 4 atom stereocenters. The number of carboxylic acids is 1. The van der Waals surface area contributed by atoms with E-state index in [1.807, 2.05) is 30.3 Å². The van der Waals surface area contributed by atoms with E-state index in [1.54, 1.807) is 0 Å². The van der Waals surface area contributed by atoms with Crippen molar-refractivity contribution >= 4 is 36.3 Å². The van der Waals surface area contributed by atoms with Crippen molar-refractivity contribution in [1.82, 2.24) is 15.5 Å². The van der Waals surface area contributed by atoms with Gasteiger partial charge in [0.2, 0.25) is 17.7 Å². The Balaban J connectivity index is 1.94. The second-order valence-electron chi connectivity index (χ2n) is 7.30. The average molecular weight is 437 g/mol. The Bertz CT molecular complexity index is 776. The molecule has 1 aliphatic rings. The van der Waals surface area contributed by atoms with E-state index in [1.165, 1.54) is 11.8 Å². The van der Waals surface area contributed by atoms with Crippen LogP contribution in [0, 0.1) is 0 Å². The maximum atomic E-state index is 12.8. The van der Waals surface area contributed by atoms with Gasteiger partial charge in [0, 0.05) is 12.3 Å². The fourth-order valence-electron chi connectivity index (χ4n) is 3.35. The molecule has 1 aliphatic heterocycles. The predicted octanol–water partition coefficient (Wildman–Crippen LogP) is -0.449. The summed E-state index contributed by atoms with van der Waals surface area (Å²) < 4.78 is 0. The molecule has 0 bridgehead atoms. The normalized spacial score (nSPS) is 18.9. The third-order valence-electron chi connectivity index (χ3n) is 5.00. The Kier molecular flexibility index (Phi) is 8.67. The van der Waals surface area contributed by atoms with Crippen LogP contribution >= 0.6 is 12.6 Å². The van der Waals surface area contributed by atoms with Crippen LogP contribution in [-0.2, 0) is 25.6 Å². The molecule has 164 valence electrons. The molecule has 10 heteroatoms. The Hall–Kier alpha value is -2.59. The first-order chi connectivity index (χ1) is 14.2. The highest BCUT2D eigenvalue weighted by atomic mass is 32.1. The highest BCUT2D eigenvalue weighted by molar-refractivity contribution is 7.80. The van der Waals surface area contributed by atoms with Gasteiger partial charge in [0.15, 0.2) is 0 Å². The van der Waals surface area contributed by atoms with Crippen LogP contribution in [0.5, 0.6) is 0 Å². The number of likely N-dealkylation sites (tertiary alicyclic amines) is 1. The molecule has 9 nitrogen and oxygen atoms in total. The van der Waals surface area contributed by atoms with Gasteiger partial charge in [-0.3, -0.25) is 14.4 Å². The van der Waals surface area contributed by atoms with Crippen molar-refractivity contribution in [3.05, 3.63) is 35.9 Å². The van der Waals surface area contributed by atoms with Crippen molar-refractivity contribution in [2.24, 2.45) is 5.73 Å². The fourth-order valence-corrected chi connectivity index (χ4v) is 3.60. The summed E-state index contributed by atoms with van der Waals surface area (Å²) in [5.74, 6) is -2.66. The molecule has 1 fully saturated rings. The third-order valence-corrected chi connectivity index (χ3v) is 5.37. The average Bonchev–Trinajstić information content (AvgIpc) is 3.21. The SMILES string of the molecule is CC(NC(=O)C(N)Cc1ccccc1)C(=O)N1CCCC1C(=O)NC(CS)C(=O)O. The molecule has 1 aromatic carbocycles. The summed E-state index contributed by atoms with van der Waals surface area (Å²) in [7, 11) is 0. The summed E-state index contributed by atoms with van der Waals surface area (Å²) in [4.78, 5) is 50.2. The van der Waals surface area contributed by atoms with Crippen LogP contribution in [0.1, 0.15) is 25.3 Å². The van der Waals surface area contributed by atoms with Gasteiger partial charge in [0.1, 0.15) is 18.1 Å². The number of thiol groups is 1. The third kappa shape index (κ3) is 6.20. The van der Waals surface area contributed by atoms with Crippen LogP contribution in [0.2, 0.25) is 0 Å². The number of carbonyl (C=O) groups is 4. The second-order valence-corrected chi connectivity index (χ2v) is 7.66. The molecule has 1 heterocycles. The Morgan fingerprint density at radius 3 is 2.50 bits per heavy atom. The van der Waals surface area contributed by atoms with Crippen LogP contribution < -0.4 is 16.4 Å². The van der Waals surface area contributed by atoms with Crippen molar-refractivity contribution in [3.8, 4) is 0 Å². The second kappa shape index (κ2) is 11.0. The molecule has 0 spiro atoms. The minimum atomic E-state index is -1.19. The molecule has 2 rings (SSSR count). The van der Waals surface area contributed by atoms with E-state index in [0.717, 1.165) is 5.56 Å². The minimum absolute atomic E-state index is 0.0620. The first kappa shape index (κ1) is 23.7. The number of aliphatic carboxylic acids is 1. The lowest BCUT2D eigenvalue weighted by Crippen LogP contribution is -2.56. The summed E-state index contributed by atoms with van der Waals surface area (Å²) in [5, 5.41) is 14.1. The Labute approximate surface area is 180 Å². The van der Waals surface area contributed by atoms with Crippen LogP contribution in [0.3, 0.4) is 0 Å². The van der Waals surface area contributed by atoms with Crippen molar-refractivity contribution in [2.45, 2.75) is 50.4 Å². The lowest BCUT2D eigenvalue weighted by atomic mass is 10.1. The van der Waals surface area contributed by atoms with Gasteiger partial charge in [-0.2, -0.15) is 12.6 Å². The van der Waals surface area contributed by atoms with Crippen molar-refractivity contribution in [2.75, 3.05) is 12.3 Å². The van der Waals surface area contributed by atoms with Gasteiger partial charge in [0.25, 0.3) is 0 Å². The highest BCUT2D eigenvalue weighted by Gasteiger charge is 2.37. The maximum absolute atomic E-state index is 12.8. The smallest absolute Gasteiger partial charge is 0.327 e. The van der Waals surface area contributed by atoms with E-state index < -0.39 is 47.9 Å². The van der Waals surface area contributed by atoms with Gasteiger partial charge in [-0.05, 0) is 31.7 Å². The van der Waals surface area contributed by atoms with E-state index in [9.17, 15) is 19.2 Å². The highest BCUT2D eigenvalue weighted by Crippen LogP contribution is 2.19. The number of carbonyl (C=O) groups excluding carboxylic acids is 3. The summed E-state index contributed by atoms with van der Waals surface area (Å²) >= 11 is 3.92. The molecule has 30 heavy (non-hydrogen) atoms. The van der Waals surface area contributed by atoms with Gasteiger partial charge < -0.3 is 26.4 Å². The van der Waals surface area contributed by atoms with Crippen LogP contribution in [-0.4, -0.2) is 70.2 Å². The molecule has 1 aromatic rings. The molecule has 3 amide bonds. The monoisotopic (exact) mass is 436 g/mol. The lowest BCUT2D eigenvalue weighted by molar-refractivity contribution is -0.144. The molecule has 0 aliphatic carbocycles. The first-order valence-electron chi connectivity index (χ1n) is 9.79. The van der Waals surface area contributed by atoms with Crippen LogP contribution in [0.25, 0.3) is 0 Å². The topological polar surface area (TPSA) is 142 Å². The lowest BCUT2D eigenvalue weighted by Gasteiger charge is -2.28. The van der Waals surface area contributed by atoms with E-state index in [4.69, 9.17) is 10.8 Å². The van der Waals surface area contributed by atoms with Gasteiger partial charge in [-0.15, -0.1) is 0 Å². The number of rotatable bonds is 9. The Morgan fingerprint density at radius 2 is 1.90 bits per heavy atom. The quantitative estimate of drug-likeness (QED) is 0.332. The Morgan fingerprint density at radius 1 is 1.23 bits per heavy atom. The van der Waals surface area contributed by atoms with Gasteiger partial charge >= 0.3 is 5.97 Å². The molecular weight excluding hydrogens is 408 g/mol. The van der Waals surface area contributed by atoms with Gasteiger partial charge in [-0.25, -0.2) is 4.79 Å². The molecule has 0 radical (unpaired) electrons. The number of benzene rings is 1. The zero-order chi connectivity index (χ0) is 22.3. The zero-order valence-electron chi connectivity index (χ0n) is 16.8. The van der Waals surface area contributed by atoms with Crippen molar-refractivity contribution < 1.29 is 24.3 Å². The van der Waals surface area contributed by atoms with E-state index in [0.29, 0.717) is 25.8 Å². The summed E-state index contributed by atoms with van der Waals surface area (Å²) in [5.41, 5.74) is 6.87. The first-order valence-corrected chi connectivity index (χ1v) is 10.4. The molecule has 0 aromatic heterocycles. The number of amides is 3. The molecule has 1 saturated heterocycles. The molecule has 4 unspecified atom stereocenters. The van der Waals surface area contributed by atoms with Crippen molar-refractivity contribution in [1.29, 1.82) is 0 Å². The van der Waals surface area contributed by atoms with E-state index in [2.05, 4.69) is 23.3 Å². The van der Waals surface area contributed by atoms with Crippen LogP contribution in [0.15, 0.2) is 30.3 Å². The molecular formula is C20H28N4O5S. The van der Waals surface area contributed by atoms with E-state index >= 15 is 0 Å². The number of nitrogens with one attached hydrogen (secondary N) is 2.